The van der Waals surface area contributed by atoms with E-state index >= 15 is 0 Å². The van der Waals surface area contributed by atoms with Crippen molar-refractivity contribution < 1.29 is 9.47 Å². The van der Waals surface area contributed by atoms with Crippen LogP contribution in [-0.2, 0) is 9.47 Å². The molecule has 86 valence electrons. The summed E-state index contributed by atoms with van der Waals surface area (Å²) in [4.78, 5) is 6.39. The van der Waals surface area contributed by atoms with E-state index < -0.39 is 0 Å². The number of hydrogen-bond acceptors (Lipinski definition) is 5. The van der Waals surface area contributed by atoms with Gasteiger partial charge in [-0.05, 0) is 13.8 Å². The van der Waals surface area contributed by atoms with Gasteiger partial charge < -0.3 is 15.2 Å². The highest BCUT2D eigenvalue weighted by atomic mass is 16.5. The van der Waals surface area contributed by atoms with Gasteiger partial charge in [0.25, 0.3) is 6.02 Å². The van der Waals surface area contributed by atoms with Crippen LogP contribution < -0.4 is 5.73 Å². The lowest BCUT2D eigenvalue weighted by molar-refractivity contribution is -0.0742. The van der Waals surface area contributed by atoms with Crippen LogP contribution in [-0.4, -0.2) is 55.4 Å². The van der Waals surface area contributed by atoms with Crippen molar-refractivity contribution in [3.05, 3.63) is 0 Å². The molecule has 5 heteroatoms. The third-order valence-corrected chi connectivity index (χ3v) is 2.70. The lowest BCUT2D eigenvalue weighted by Gasteiger charge is -2.36. The van der Waals surface area contributed by atoms with Crippen LogP contribution in [0.1, 0.15) is 13.8 Å². The number of morpholine rings is 1. The summed E-state index contributed by atoms with van der Waals surface area (Å²) >= 11 is 0. The number of amidine groups is 1. The van der Waals surface area contributed by atoms with E-state index in [4.69, 9.17) is 15.2 Å². The first kappa shape index (κ1) is 10.7. The molecule has 15 heavy (non-hydrogen) atoms. The van der Waals surface area contributed by atoms with Gasteiger partial charge in [-0.25, -0.2) is 4.99 Å². The summed E-state index contributed by atoms with van der Waals surface area (Å²) in [6.07, 6.45) is 0.726. The Kier molecular flexibility index (Phi) is 3.11. The summed E-state index contributed by atoms with van der Waals surface area (Å²) in [7, 11) is 0. The van der Waals surface area contributed by atoms with Crippen LogP contribution >= 0.6 is 0 Å². The molecule has 0 aliphatic carbocycles. The molecule has 5 nitrogen and oxygen atoms in total. The SMILES string of the molecule is CC1CN(CC2CN=C(N)O2)CC(C)O1. The molecular formula is C10H19N3O2. The van der Waals surface area contributed by atoms with Gasteiger partial charge in [-0.15, -0.1) is 0 Å². The average Bonchev–Trinajstić information content (AvgIpc) is 2.49. The van der Waals surface area contributed by atoms with Crippen molar-refractivity contribution in [2.24, 2.45) is 10.7 Å². The number of aliphatic imine (C=N–C) groups is 1. The highest BCUT2D eigenvalue weighted by Crippen LogP contribution is 2.13. The van der Waals surface area contributed by atoms with Crippen LogP contribution in [0.15, 0.2) is 4.99 Å². The van der Waals surface area contributed by atoms with E-state index in [0.717, 1.165) is 19.6 Å². The number of rotatable bonds is 2. The van der Waals surface area contributed by atoms with E-state index in [-0.39, 0.29) is 6.10 Å². The minimum absolute atomic E-state index is 0.127. The first-order valence-electron chi connectivity index (χ1n) is 5.48. The fourth-order valence-corrected chi connectivity index (χ4v) is 2.25. The van der Waals surface area contributed by atoms with Crippen molar-refractivity contribution >= 4 is 6.02 Å². The van der Waals surface area contributed by atoms with Crippen LogP contribution in [0.5, 0.6) is 0 Å². The van der Waals surface area contributed by atoms with E-state index in [1.165, 1.54) is 0 Å². The molecule has 2 aliphatic heterocycles. The van der Waals surface area contributed by atoms with Crippen molar-refractivity contribution in [3.8, 4) is 0 Å². The molecule has 1 fully saturated rings. The Morgan fingerprint density at radius 2 is 2.07 bits per heavy atom. The van der Waals surface area contributed by atoms with Gasteiger partial charge in [-0.3, -0.25) is 4.90 Å². The maximum Gasteiger partial charge on any atom is 0.282 e. The Bertz CT molecular complexity index is 247. The minimum atomic E-state index is 0.127. The molecule has 0 spiro atoms. The van der Waals surface area contributed by atoms with Gasteiger partial charge in [-0.1, -0.05) is 0 Å². The van der Waals surface area contributed by atoms with E-state index in [0.29, 0.717) is 24.8 Å². The normalized spacial score (nSPS) is 37.5. The number of hydrogen-bond donors (Lipinski definition) is 1. The Labute approximate surface area is 90.2 Å². The first-order valence-corrected chi connectivity index (χ1v) is 5.48. The third-order valence-electron chi connectivity index (χ3n) is 2.70. The quantitative estimate of drug-likeness (QED) is 0.690. The van der Waals surface area contributed by atoms with Crippen LogP contribution in [0.2, 0.25) is 0 Å². The van der Waals surface area contributed by atoms with Crippen molar-refractivity contribution in [1.82, 2.24) is 4.90 Å². The Morgan fingerprint density at radius 1 is 1.40 bits per heavy atom. The lowest BCUT2D eigenvalue weighted by atomic mass is 10.2. The molecule has 0 aromatic rings. The van der Waals surface area contributed by atoms with Gasteiger partial charge in [0.2, 0.25) is 0 Å². The van der Waals surface area contributed by atoms with E-state index in [9.17, 15) is 0 Å². The Hall–Kier alpha value is -0.810. The van der Waals surface area contributed by atoms with Crippen molar-refractivity contribution in [3.63, 3.8) is 0 Å². The predicted octanol–water partition coefficient (Wildman–Crippen LogP) is -0.191. The van der Waals surface area contributed by atoms with Gasteiger partial charge in [0.1, 0.15) is 6.10 Å². The number of nitrogens with two attached hydrogens (primary N) is 1. The van der Waals surface area contributed by atoms with Gasteiger partial charge >= 0.3 is 0 Å². The highest BCUT2D eigenvalue weighted by Gasteiger charge is 2.26. The summed E-state index contributed by atoms with van der Waals surface area (Å²) in [5.74, 6) is 0. The summed E-state index contributed by atoms with van der Waals surface area (Å²) < 4.78 is 11.0. The molecule has 2 heterocycles. The Morgan fingerprint density at radius 3 is 2.60 bits per heavy atom. The van der Waals surface area contributed by atoms with E-state index in [1.54, 1.807) is 0 Å². The topological polar surface area (TPSA) is 60.1 Å². The molecule has 1 saturated heterocycles. The molecule has 0 saturated carbocycles. The second kappa shape index (κ2) is 4.37. The number of ether oxygens (including phenoxy) is 2. The van der Waals surface area contributed by atoms with E-state index in [1.807, 2.05) is 0 Å². The van der Waals surface area contributed by atoms with E-state index in [2.05, 4.69) is 23.7 Å². The molecule has 2 rings (SSSR count). The van der Waals surface area contributed by atoms with Crippen molar-refractivity contribution in [1.29, 1.82) is 0 Å². The van der Waals surface area contributed by atoms with Crippen molar-refractivity contribution in [2.75, 3.05) is 26.2 Å². The molecule has 0 aromatic heterocycles. The fourth-order valence-electron chi connectivity index (χ4n) is 2.25. The maximum atomic E-state index is 5.67. The molecule has 3 atom stereocenters. The zero-order valence-corrected chi connectivity index (χ0v) is 9.35. The second-order valence-electron chi connectivity index (χ2n) is 4.39. The molecule has 0 amide bonds. The monoisotopic (exact) mass is 213 g/mol. The van der Waals surface area contributed by atoms with Crippen LogP contribution in [0, 0.1) is 0 Å². The molecular weight excluding hydrogens is 194 g/mol. The fraction of sp³-hybridized carbons (Fsp3) is 0.900. The summed E-state index contributed by atoms with van der Waals surface area (Å²) in [5, 5.41) is 0. The van der Waals surface area contributed by atoms with Gasteiger partial charge in [0, 0.05) is 19.6 Å². The average molecular weight is 213 g/mol. The third kappa shape index (κ3) is 2.82. The highest BCUT2D eigenvalue weighted by molar-refractivity contribution is 5.73. The lowest BCUT2D eigenvalue weighted by Crippen LogP contribution is -2.48. The van der Waals surface area contributed by atoms with Crippen LogP contribution in [0.25, 0.3) is 0 Å². The van der Waals surface area contributed by atoms with Crippen LogP contribution in [0.4, 0.5) is 0 Å². The van der Waals surface area contributed by atoms with Gasteiger partial charge in [0.05, 0.1) is 18.8 Å². The smallest absolute Gasteiger partial charge is 0.282 e. The minimum Gasteiger partial charge on any atom is -0.459 e. The van der Waals surface area contributed by atoms with Gasteiger partial charge in [0.15, 0.2) is 0 Å². The van der Waals surface area contributed by atoms with Crippen molar-refractivity contribution in [2.45, 2.75) is 32.2 Å². The largest absolute Gasteiger partial charge is 0.459 e. The van der Waals surface area contributed by atoms with Gasteiger partial charge in [-0.2, -0.15) is 0 Å². The molecule has 0 bridgehead atoms. The standard InChI is InChI=1S/C10H19N3O2/c1-7-4-13(5-8(2)14-7)6-9-3-12-10(11)15-9/h7-9H,3-6H2,1-2H3,(H2,11,12). The summed E-state index contributed by atoms with van der Waals surface area (Å²) in [5.41, 5.74) is 5.47. The predicted molar refractivity (Wildman–Crippen MR) is 57.8 cm³/mol. The molecule has 2 aliphatic rings. The summed E-state index contributed by atoms with van der Waals surface area (Å²) in [6.45, 7) is 7.70. The maximum absolute atomic E-state index is 5.67. The Balaban J connectivity index is 1.79. The molecule has 0 aromatic carbocycles. The second-order valence-corrected chi connectivity index (χ2v) is 4.39. The zero-order chi connectivity index (χ0) is 10.8. The van der Waals surface area contributed by atoms with Crippen LogP contribution in [0.3, 0.4) is 0 Å². The zero-order valence-electron chi connectivity index (χ0n) is 9.35. The molecule has 0 radical (unpaired) electrons. The summed E-state index contributed by atoms with van der Waals surface area (Å²) in [6, 6.07) is 0.328. The molecule has 2 N–H and O–H groups in total. The number of nitrogens with zero attached hydrogens (tertiary/aromatic N) is 2. The first-order chi connectivity index (χ1) is 7.13. The molecule has 3 unspecified atom stereocenters.